The van der Waals surface area contributed by atoms with Crippen molar-refractivity contribution in [2.24, 2.45) is 5.92 Å². The molecule has 1 N–H and O–H groups in total. The Morgan fingerprint density at radius 2 is 1.90 bits per heavy atom. The van der Waals surface area contributed by atoms with Gasteiger partial charge < -0.3 is 14.6 Å². The maximum atomic E-state index is 14.8. The molecule has 0 aliphatic heterocycles. The number of aromatic nitrogens is 6. The molecule has 1 amide bonds. The van der Waals surface area contributed by atoms with Gasteiger partial charge in [0, 0.05) is 23.7 Å². The fourth-order valence-corrected chi connectivity index (χ4v) is 3.97. The van der Waals surface area contributed by atoms with Crippen molar-refractivity contribution in [1.82, 2.24) is 34.1 Å². The molecule has 1 aliphatic carbocycles. The van der Waals surface area contributed by atoms with Gasteiger partial charge >= 0.3 is 0 Å². The van der Waals surface area contributed by atoms with Gasteiger partial charge in [-0.05, 0) is 58.5 Å². The molecule has 4 aromatic heterocycles. The van der Waals surface area contributed by atoms with Crippen molar-refractivity contribution in [3.63, 3.8) is 0 Å². The average molecular weight is 422 g/mol. The molecule has 0 spiro atoms. The first kappa shape index (κ1) is 19.6. The van der Waals surface area contributed by atoms with Gasteiger partial charge in [0.15, 0.2) is 22.9 Å². The third-order valence-electron chi connectivity index (χ3n) is 5.87. The monoisotopic (exact) mass is 422 g/mol. The van der Waals surface area contributed by atoms with E-state index in [-0.39, 0.29) is 17.5 Å². The number of pyridine rings is 1. The van der Waals surface area contributed by atoms with Crippen LogP contribution >= 0.6 is 0 Å². The zero-order valence-corrected chi connectivity index (χ0v) is 17.8. The molecule has 0 atom stereocenters. The lowest BCUT2D eigenvalue weighted by molar-refractivity contribution is -0.124. The summed E-state index contributed by atoms with van der Waals surface area (Å²) in [5.74, 6) is 0.339. The van der Waals surface area contributed by atoms with Crippen molar-refractivity contribution < 1.29 is 9.18 Å². The molecule has 5 rings (SSSR count). The van der Waals surface area contributed by atoms with Crippen molar-refractivity contribution in [3.05, 3.63) is 41.7 Å². The number of amides is 1. The summed E-state index contributed by atoms with van der Waals surface area (Å²) in [7, 11) is 4.03. The number of halogens is 1. The smallest absolute Gasteiger partial charge is 0.228 e. The highest BCUT2D eigenvalue weighted by Crippen LogP contribution is 2.31. The summed E-state index contributed by atoms with van der Waals surface area (Å²) in [4.78, 5) is 23.2. The van der Waals surface area contributed by atoms with Gasteiger partial charge in [-0.15, -0.1) is 14.8 Å². The summed E-state index contributed by atoms with van der Waals surface area (Å²) >= 11 is 0. The van der Waals surface area contributed by atoms with Gasteiger partial charge in [-0.1, -0.05) is 0 Å². The number of imidazole rings is 1. The third kappa shape index (κ3) is 3.42. The molecule has 1 aliphatic rings. The van der Waals surface area contributed by atoms with Crippen LogP contribution in [0.25, 0.3) is 22.6 Å². The van der Waals surface area contributed by atoms with Crippen LogP contribution < -0.4 is 5.32 Å². The largest absolute Gasteiger partial charge is 0.309 e. The van der Waals surface area contributed by atoms with Crippen LogP contribution in [0.4, 0.5) is 10.2 Å². The summed E-state index contributed by atoms with van der Waals surface area (Å²) < 4.78 is 17.8. The molecule has 1 saturated carbocycles. The number of anilines is 1. The zero-order chi connectivity index (χ0) is 21.9. The molecule has 0 unspecified atom stereocenters. The second-order valence-electron chi connectivity index (χ2n) is 8.39. The van der Waals surface area contributed by atoms with Gasteiger partial charge in [0.1, 0.15) is 5.82 Å². The first-order chi connectivity index (χ1) is 14.8. The van der Waals surface area contributed by atoms with Crippen molar-refractivity contribution >= 4 is 23.0 Å². The lowest BCUT2D eigenvalue weighted by Crippen LogP contribution is -2.45. The van der Waals surface area contributed by atoms with E-state index in [4.69, 9.17) is 0 Å². The molecule has 0 bridgehead atoms. The molecule has 0 radical (unpaired) electrons. The van der Waals surface area contributed by atoms with Crippen molar-refractivity contribution in [2.75, 3.05) is 19.4 Å². The average Bonchev–Trinajstić information content (AvgIpc) is 3.22. The van der Waals surface area contributed by atoms with Gasteiger partial charge in [-0.2, -0.15) is 0 Å². The molecule has 1 fully saturated rings. The molecule has 9 nitrogen and oxygen atoms in total. The number of nitrogens with one attached hydrogen (secondary N) is 1. The predicted octanol–water partition coefficient (Wildman–Crippen LogP) is 2.47. The highest BCUT2D eigenvalue weighted by molar-refractivity contribution is 5.92. The highest BCUT2D eigenvalue weighted by Gasteiger charge is 2.35. The fourth-order valence-electron chi connectivity index (χ4n) is 3.97. The number of carbonyl (C=O) groups excluding carboxylic acids is 1. The topological polar surface area (TPSA) is 92.7 Å². The number of aryl methyl sites for hydroxylation is 2. The van der Waals surface area contributed by atoms with E-state index in [1.807, 2.05) is 27.1 Å². The van der Waals surface area contributed by atoms with Gasteiger partial charge in [0.2, 0.25) is 5.91 Å². The Balaban J connectivity index is 1.43. The number of hydrogen-bond donors (Lipinski definition) is 1. The minimum absolute atomic E-state index is 0.0392. The van der Waals surface area contributed by atoms with Crippen LogP contribution in [0.3, 0.4) is 0 Å². The van der Waals surface area contributed by atoms with Crippen molar-refractivity contribution in [1.29, 1.82) is 0 Å². The van der Waals surface area contributed by atoms with E-state index in [2.05, 4.69) is 30.4 Å². The Kier molecular flexibility index (Phi) is 4.47. The first-order valence-electron chi connectivity index (χ1n) is 10.2. The molecule has 0 aromatic carbocycles. The molecule has 31 heavy (non-hydrogen) atoms. The van der Waals surface area contributed by atoms with Crippen LogP contribution in [0.1, 0.15) is 24.2 Å². The molecular formula is C21H23FN8O. The van der Waals surface area contributed by atoms with Crippen molar-refractivity contribution in [2.45, 2.75) is 32.7 Å². The van der Waals surface area contributed by atoms with E-state index in [9.17, 15) is 9.18 Å². The molecular weight excluding hydrogens is 399 g/mol. The van der Waals surface area contributed by atoms with Crippen molar-refractivity contribution in [3.8, 4) is 11.3 Å². The van der Waals surface area contributed by atoms with E-state index >= 15 is 0 Å². The van der Waals surface area contributed by atoms with Crippen LogP contribution in [0.15, 0.2) is 24.5 Å². The van der Waals surface area contributed by atoms with Gasteiger partial charge in [-0.3, -0.25) is 4.79 Å². The van der Waals surface area contributed by atoms with Gasteiger partial charge in [0.25, 0.3) is 0 Å². The second-order valence-corrected chi connectivity index (χ2v) is 8.39. The standard InChI is InChI=1S/C21H23FN8O/c1-11-5-17(27-30-19(11)23-12(2)26-30)14-8-16(22)20-24-18(10-29(20)9-14)25-21(31)13-6-15(7-13)28(3)4/h5,8-10,13,15H,6-7H2,1-4H3,(H,25,31). The zero-order valence-electron chi connectivity index (χ0n) is 17.8. The molecule has 10 heteroatoms. The van der Waals surface area contributed by atoms with Gasteiger partial charge in [0.05, 0.1) is 11.9 Å². The predicted molar refractivity (Wildman–Crippen MR) is 113 cm³/mol. The van der Waals surface area contributed by atoms with Gasteiger partial charge in [-0.25, -0.2) is 14.4 Å². The van der Waals surface area contributed by atoms with Crippen LogP contribution in [0, 0.1) is 25.6 Å². The SMILES string of the molecule is Cc1nc2c(C)cc(-c3cc(F)c4nc(NC(=O)C5CC(N(C)C)C5)cn4c3)nn2n1. The summed E-state index contributed by atoms with van der Waals surface area (Å²) in [5, 5.41) is 11.5. The fraction of sp³-hybridized carbons (Fsp3) is 0.381. The maximum Gasteiger partial charge on any atom is 0.228 e. The number of rotatable bonds is 4. The summed E-state index contributed by atoms with van der Waals surface area (Å²) in [6.45, 7) is 3.71. The van der Waals surface area contributed by atoms with E-state index in [1.54, 1.807) is 23.7 Å². The van der Waals surface area contributed by atoms with E-state index in [0.717, 1.165) is 18.4 Å². The minimum Gasteiger partial charge on any atom is -0.309 e. The summed E-state index contributed by atoms with van der Waals surface area (Å²) in [6, 6.07) is 3.67. The van der Waals surface area contributed by atoms with E-state index in [0.29, 0.717) is 34.6 Å². The quantitative estimate of drug-likeness (QED) is 0.543. The Bertz CT molecular complexity index is 1320. The highest BCUT2D eigenvalue weighted by atomic mass is 19.1. The number of hydrogen-bond acceptors (Lipinski definition) is 6. The van der Waals surface area contributed by atoms with Crippen LogP contribution in [-0.4, -0.2) is 60.1 Å². The number of fused-ring (bicyclic) bond motifs is 2. The van der Waals surface area contributed by atoms with Crippen LogP contribution in [0.2, 0.25) is 0 Å². The molecule has 160 valence electrons. The molecule has 4 aromatic rings. The lowest BCUT2D eigenvalue weighted by Gasteiger charge is -2.38. The Morgan fingerprint density at radius 1 is 1.13 bits per heavy atom. The summed E-state index contributed by atoms with van der Waals surface area (Å²) in [6.07, 6.45) is 5.00. The minimum atomic E-state index is -0.497. The maximum absolute atomic E-state index is 14.8. The molecule has 0 saturated heterocycles. The second kappa shape index (κ2) is 7.09. The third-order valence-corrected chi connectivity index (χ3v) is 5.87. The Morgan fingerprint density at radius 3 is 2.65 bits per heavy atom. The summed E-state index contributed by atoms with van der Waals surface area (Å²) in [5.41, 5.74) is 2.85. The van der Waals surface area contributed by atoms with Crippen LogP contribution in [-0.2, 0) is 4.79 Å². The Hall–Kier alpha value is -3.40. The van der Waals surface area contributed by atoms with E-state index < -0.39 is 5.82 Å². The normalized spacial score (nSPS) is 18.6. The number of nitrogens with zero attached hydrogens (tertiary/aromatic N) is 7. The Labute approximate surface area is 177 Å². The number of carbonyl (C=O) groups is 1. The lowest BCUT2D eigenvalue weighted by atomic mass is 9.79. The molecule has 4 heterocycles. The first-order valence-corrected chi connectivity index (χ1v) is 10.2. The van der Waals surface area contributed by atoms with Crippen LogP contribution in [0.5, 0.6) is 0 Å². The van der Waals surface area contributed by atoms with E-state index in [1.165, 1.54) is 10.7 Å².